The van der Waals surface area contributed by atoms with Crippen molar-refractivity contribution in [3.05, 3.63) is 35.3 Å². The molecule has 2 heterocycles. The van der Waals surface area contributed by atoms with Crippen LogP contribution in [-0.2, 0) is 11.2 Å². The second kappa shape index (κ2) is 6.05. The van der Waals surface area contributed by atoms with E-state index in [4.69, 9.17) is 5.11 Å². The van der Waals surface area contributed by atoms with Gasteiger partial charge in [0.15, 0.2) is 0 Å². The van der Waals surface area contributed by atoms with E-state index in [1.54, 1.807) is 0 Å². The van der Waals surface area contributed by atoms with Crippen LogP contribution in [0.4, 0.5) is 0 Å². The fourth-order valence-electron chi connectivity index (χ4n) is 2.29. The van der Waals surface area contributed by atoms with Crippen LogP contribution in [0.5, 0.6) is 0 Å². The van der Waals surface area contributed by atoms with E-state index in [1.165, 1.54) is 0 Å². The number of amides is 1. The lowest BCUT2D eigenvalue weighted by Crippen LogP contribution is -2.38. The van der Waals surface area contributed by atoms with E-state index in [9.17, 15) is 4.79 Å². The predicted molar refractivity (Wildman–Crippen MR) is 77.7 cm³/mol. The van der Waals surface area contributed by atoms with Crippen molar-refractivity contribution in [3.8, 4) is 0 Å². The molecule has 2 aromatic heterocycles. The smallest absolute Gasteiger partial charge is 0.226 e. The molecule has 0 saturated carbocycles. The van der Waals surface area contributed by atoms with Crippen LogP contribution in [0.25, 0.3) is 5.65 Å². The summed E-state index contributed by atoms with van der Waals surface area (Å²) >= 11 is 0. The fourth-order valence-corrected chi connectivity index (χ4v) is 2.29. The number of hydrogen-bond donors (Lipinski definition) is 2. The molecule has 108 valence electrons. The summed E-state index contributed by atoms with van der Waals surface area (Å²) in [6, 6.07) is 3.78. The highest BCUT2D eigenvalue weighted by Crippen LogP contribution is 2.15. The van der Waals surface area contributed by atoms with Crippen molar-refractivity contribution < 1.29 is 9.90 Å². The summed E-state index contributed by atoms with van der Waals surface area (Å²) in [6.45, 7) is 5.82. The molecule has 0 aliphatic rings. The highest BCUT2D eigenvalue weighted by atomic mass is 16.3. The number of fused-ring (bicyclic) bond motifs is 1. The Kier molecular flexibility index (Phi) is 4.39. The molecule has 0 saturated heterocycles. The number of rotatable bonds is 5. The maximum atomic E-state index is 12.1. The number of aromatic nitrogens is 2. The van der Waals surface area contributed by atoms with Crippen molar-refractivity contribution in [2.75, 3.05) is 6.61 Å². The van der Waals surface area contributed by atoms with Crippen LogP contribution in [0.1, 0.15) is 30.3 Å². The zero-order valence-corrected chi connectivity index (χ0v) is 12.2. The van der Waals surface area contributed by atoms with E-state index >= 15 is 0 Å². The monoisotopic (exact) mass is 275 g/mol. The Morgan fingerprint density at radius 3 is 2.90 bits per heavy atom. The number of aryl methyl sites for hydroxylation is 2. The number of nitrogens with one attached hydrogen (secondary N) is 1. The maximum Gasteiger partial charge on any atom is 0.226 e. The van der Waals surface area contributed by atoms with Gasteiger partial charge in [0.2, 0.25) is 5.91 Å². The van der Waals surface area contributed by atoms with E-state index in [0.717, 1.165) is 22.6 Å². The molecule has 5 heteroatoms. The number of carbonyl (C=O) groups is 1. The standard InChI is InChI=1S/C15H21N3O2/c1-4-12(9-19)17-14(20)8-13-11(3)16-15-10(2)6-5-7-18(13)15/h5-7,12,19H,4,8-9H2,1-3H3,(H,17,20). The first-order chi connectivity index (χ1) is 9.56. The third kappa shape index (κ3) is 2.82. The Labute approximate surface area is 118 Å². The summed E-state index contributed by atoms with van der Waals surface area (Å²) in [5.74, 6) is -0.0858. The van der Waals surface area contributed by atoms with E-state index < -0.39 is 0 Å². The van der Waals surface area contributed by atoms with Gasteiger partial charge in [-0.25, -0.2) is 4.98 Å². The van der Waals surface area contributed by atoms with Crippen LogP contribution in [0.15, 0.2) is 18.3 Å². The molecule has 2 N–H and O–H groups in total. The molecule has 1 atom stereocenters. The summed E-state index contributed by atoms with van der Waals surface area (Å²) in [5, 5.41) is 12.0. The van der Waals surface area contributed by atoms with Crippen LogP contribution >= 0.6 is 0 Å². The average Bonchev–Trinajstić information content (AvgIpc) is 2.74. The largest absolute Gasteiger partial charge is 0.394 e. The van der Waals surface area contributed by atoms with Crippen LogP contribution in [0.2, 0.25) is 0 Å². The number of aliphatic hydroxyl groups excluding tert-OH is 1. The minimum Gasteiger partial charge on any atom is -0.394 e. The van der Waals surface area contributed by atoms with Crippen LogP contribution in [-0.4, -0.2) is 33.0 Å². The molecule has 0 aliphatic carbocycles. The summed E-state index contributed by atoms with van der Waals surface area (Å²) in [6.07, 6.45) is 2.91. The quantitative estimate of drug-likeness (QED) is 0.866. The molecule has 0 spiro atoms. The van der Waals surface area contributed by atoms with Crippen molar-refractivity contribution in [3.63, 3.8) is 0 Å². The van der Waals surface area contributed by atoms with E-state index in [-0.39, 0.29) is 25.0 Å². The van der Waals surface area contributed by atoms with Gasteiger partial charge < -0.3 is 14.8 Å². The van der Waals surface area contributed by atoms with Gasteiger partial charge in [0, 0.05) is 6.20 Å². The topological polar surface area (TPSA) is 66.6 Å². The van der Waals surface area contributed by atoms with E-state index in [2.05, 4.69) is 10.3 Å². The number of carbonyl (C=O) groups excluding carboxylic acids is 1. The number of aliphatic hydroxyl groups is 1. The highest BCUT2D eigenvalue weighted by molar-refractivity contribution is 5.79. The van der Waals surface area contributed by atoms with E-state index in [0.29, 0.717) is 6.42 Å². The number of nitrogens with zero attached hydrogens (tertiary/aromatic N) is 2. The summed E-state index contributed by atoms with van der Waals surface area (Å²) < 4.78 is 1.96. The molecule has 5 nitrogen and oxygen atoms in total. The van der Waals surface area contributed by atoms with E-state index in [1.807, 2.05) is 43.5 Å². The zero-order chi connectivity index (χ0) is 14.7. The third-order valence-corrected chi connectivity index (χ3v) is 3.55. The molecular formula is C15H21N3O2. The van der Waals surface area contributed by atoms with Gasteiger partial charge in [0.25, 0.3) is 0 Å². The van der Waals surface area contributed by atoms with Crippen molar-refractivity contribution >= 4 is 11.6 Å². The Bertz CT molecular complexity index is 615. The number of imidazole rings is 1. The average molecular weight is 275 g/mol. The van der Waals surface area contributed by atoms with Gasteiger partial charge in [-0.3, -0.25) is 4.79 Å². The lowest BCUT2D eigenvalue weighted by atomic mass is 10.2. The van der Waals surface area contributed by atoms with Gasteiger partial charge in [-0.2, -0.15) is 0 Å². The second-order valence-corrected chi connectivity index (χ2v) is 5.06. The van der Waals surface area contributed by atoms with Gasteiger partial charge in [-0.1, -0.05) is 13.0 Å². The fraction of sp³-hybridized carbons (Fsp3) is 0.467. The Morgan fingerprint density at radius 1 is 1.50 bits per heavy atom. The molecule has 2 aromatic rings. The van der Waals surface area contributed by atoms with Gasteiger partial charge in [-0.05, 0) is 31.9 Å². The first kappa shape index (κ1) is 14.5. The Morgan fingerprint density at radius 2 is 2.25 bits per heavy atom. The third-order valence-electron chi connectivity index (χ3n) is 3.55. The minimum absolute atomic E-state index is 0.0342. The van der Waals surface area contributed by atoms with Crippen LogP contribution in [0, 0.1) is 13.8 Å². The number of hydrogen-bond acceptors (Lipinski definition) is 3. The predicted octanol–water partition coefficient (Wildman–Crippen LogP) is 1.38. The molecule has 0 aliphatic heterocycles. The molecule has 1 unspecified atom stereocenters. The van der Waals surface area contributed by atoms with Crippen molar-refractivity contribution in [1.82, 2.24) is 14.7 Å². The molecule has 2 rings (SSSR count). The molecule has 0 radical (unpaired) electrons. The van der Waals surface area contributed by atoms with Crippen molar-refractivity contribution in [1.29, 1.82) is 0 Å². The molecule has 0 fully saturated rings. The highest BCUT2D eigenvalue weighted by Gasteiger charge is 2.15. The van der Waals surface area contributed by atoms with Gasteiger partial charge in [0.1, 0.15) is 5.65 Å². The van der Waals surface area contributed by atoms with Crippen LogP contribution in [0.3, 0.4) is 0 Å². The lowest BCUT2D eigenvalue weighted by Gasteiger charge is -2.14. The Hall–Kier alpha value is -1.88. The Balaban J connectivity index is 2.23. The summed E-state index contributed by atoms with van der Waals surface area (Å²) in [5.41, 5.74) is 3.74. The first-order valence-electron chi connectivity index (χ1n) is 6.90. The molecule has 0 bridgehead atoms. The SMILES string of the molecule is CCC(CO)NC(=O)Cc1c(C)nc2c(C)cccn12. The normalized spacial score (nSPS) is 12.6. The zero-order valence-electron chi connectivity index (χ0n) is 12.2. The van der Waals surface area contributed by atoms with Gasteiger partial charge >= 0.3 is 0 Å². The second-order valence-electron chi connectivity index (χ2n) is 5.06. The molecule has 1 amide bonds. The molecular weight excluding hydrogens is 254 g/mol. The van der Waals surface area contributed by atoms with Gasteiger partial charge in [-0.15, -0.1) is 0 Å². The minimum atomic E-state index is -0.177. The first-order valence-corrected chi connectivity index (χ1v) is 6.90. The lowest BCUT2D eigenvalue weighted by molar-refractivity contribution is -0.121. The van der Waals surface area contributed by atoms with Crippen molar-refractivity contribution in [2.24, 2.45) is 0 Å². The summed E-state index contributed by atoms with van der Waals surface area (Å²) in [4.78, 5) is 16.6. The summed E-state index contributed by atoms with van der Waals surface area (Å²) in [7, 11) is 0. The van der Waals surface area contributed by atoms with Crippen LogP contribution < -0.4 is 5.32 Å². The maximum absolute atomic E-state index is 12.1. The van der Waals surface area contributed by atoms with Crippen molar-refractivity contribution in [2.45, 2.75) is 39.7 Å². The molecule has 20 heavy (non-hydrogen) atoms. The molecule has 0 aromatic carbocycles. The number of pyridine rings is 1. The van der Waals surface area contributed by atoms with Gasteiger partial charge in [0.05, 0.1) is 30.5 Å².